The molecule has 1 aliphatic rings. The van der Waals surface area contributed by atoms with Crippen LogP contribution in [-0.2, 0) is 24.7 Å². The minimum absolute atomic E-state index is 0.0601. The lowest BCUT2D eigenvalue weighted by Crippen LogP contribution is -2.21. The van der Waals surface area contributed by atoms with E-state index in [1.165, 1.54) is 33.3 Å². The minimum Gasteiger partial charge on any atom is -0.324 e. The van der Waals surface area contributed by atoms with Gasteiger partial charge in [-0.05, 0) is 43.0 Å². The summed E-state index contributed by atoms with van der Waals surface area (Å²) in [6, 6.07) is 3.77. The number of nitrogens with one attached hydrogen (secondary N) is 1. The number of halogens is 2. The highest BCUT2D eigenvalue weighted by molar-refractivity contribution is 7.99. The molecule has 0 unspecified atom stereocenters. The van der Waals surface area contributed by atoms with Crippen molar-refractivity contribution in [1.29, 1.82) is 0 Å². The fourth-order valence-electron chi connectivity index (χ4n) is 3.14. The standard InChI is InChI=1S/C18H15ClFN3O2S2/c1-23-17(25)15-10-3-2-4-13(10)27-16(15)22-18(23)26-8-14(24)21-12-6-5-9(20)7-11(12)19/h5-7H,2-4,8H2,1H3,(H,21,24). The SMILES string of the molecule is Cn1c(SCC(=O)Nc2ccc(F)cc2Cl)nc2sc3c(c2c1=O)CCC3. The van der Waals surface area contributed by atoms with Crippen LogP contribution in [-0.4, -0.2) is 21.2 Å². The van der Waals surface area contributed by atoms with Gasteiger partial charge < -0.3 is 5.32 Å². The number of hydrogen-bond acceptors (Lipinski definition) is 5. The van der Waals surface area contributed by atoms with E-state index in [4.69, 9.17) is 11.6 Å². The van der Waals surface area contributed by atoms with Crippen molar-refractivity contribution in [2.24, 2.45) is 7.05 Å². The average Bonchev–Trinajstić information content (AvgIpc) is 3.20. The van der Waals surface area contributed by atoms with E-state index < -0.39 is 5.82 Å². The lowest BCUT2D eigenvalue weighted by molar-refractivity contribution is -0.113. The molecule has 1 aliphatic carbocycles. The molecular weight excluding hydrogens is 409 g/mol. The molecule has 0 saturated carbocycles. The first kappa shape index (κ1) is 18.5. The van der Waals surface area contributed by atoms with Gasteiger partial charge in [0.2, 0.25) is 5.91 Å². The summed E-state index contributed by atoms with van der Waals surface area (Å²) in [5.41, 5.74) is 1.42. The van der Waals surface area contributed by atoms with Crippen molar-refractivity contribution in [3.05, 3.63) is 49.8 Å². The molecule has 0 radical (unpaired) electrons. The van der Waals surface area contributed by atoms with Crippen molar-refractivity contribution < 1.29 is 9.18 Å². The summed E-state index contributed by atoms with van der Waals surface area (Å²) in [6.45, 7) is 0. The summed E-state index contributed by atoms with van der Waals surface area (Å²) in [6.07, 6.45) is 3.02. The molecule has 2 aromatic heterocycles. The van der Waals surface area contributed by atoms with Gasteiger partial charge in [0.05, 0.1) is 21.8 Å². The van der Waals surface area contributed by atoms with Crippen LogP contribution in [0.2, 0.25) is 5.02 Å². The van der Waals surface area contributed by atoms with Crippen LogP contribution in [0.4, 0.5) is 10.1 Å². The maximum absolute atomic E-state index is 13.1. The summed E-state index contributed by atoms with van der Waals surface area (Å²) in [5, 5.41) is 3.99. The minimum atomic E-state index is -0.470. The number of thioether (sulfide) groups is 1. The number of carbonyl (C=O) groups is 1. The molecule has 0 aliphatic heterocycles. The Hall–Kier alpha value is -1.90. The van der Waals surface area contributed by atoms with Gasteiger partial charge in [-0.15, -0.1) is 11.3 Å². The molecule has 27 heavy (non-hydrogen) atoms. The summed E-state index contributed by atoms with van der Waals surface area (Å²) in [5.74, 6) is -0.718. The number of amides is 1. The molecule has 5 nitrogen and oxygen atoms in total. The van der Waals surface area contributed by atoms with Crippen LogP contribution in [0.25, 0.3) is 10.2 Å². The zero-order valence-electron chi connectivity index (χ0n) is 14.3. The van der Waals surface area contributed by atoms with Crippen LogP contribution >= 0.6 is 34.7 Å². The number of anilines is 1. The average molecular weight is 424 g/mol. The second kappa shape index (κ2) is 7.26. The van der Waals surface area contributed by atoms with Crippen molar-refractivity contribution in [3.8, 4) is 0 Å². The Morgan fingerprint density at radius 1 is 1.44 bits per heavy atom. The fraction of sp³-hybridized carbons (Fsp3) is 0.278. The van der Waals surface area contributed by atoms with Crippen molar-refractivity contribution in [2.75, 3.05) is 11.1 Å². The normalized spacial score (nSPS) is 13.1. The summed E-state index contributed by atoms with van der Waals surface area (Å²) in [7, 11) is 1.67. The van der Waals surface area contributed by atoms with E-state index in [-0.39, 0.29) is 22.2 Å². The first-order valence-corrected chi connectivity index (χ1v) is 10.5. The van der Waals surface area contributed by atoms with Crippen LogP contribution in [0.3, 0.4) is 0 Å². The van der Waals surface area contributed by atoms with Crippen LogP contribution in [0.5, 0.6) is 0 Å². The predicted molar refractivity (Wildman–Crippen MR) is 108 cm³/mol. The van der Waals surface area contributed by atoms with Crippen molar-refractivity contribution >= 4 is 56.5 Å². The molecular formula is C18H15ClFN3O2S2. The van der Waals surface area contributed by atoms with E-state index in [1.807, 2.05) is 0 Å². The van der Waals surface area contributed by atoms with Crippen LogP contribution < -0.4 is 10.9 Å². The summed E-state index contributed by atoms with van der Waals surface area (Å²) < 4.78 is 14.6. The molecule has 0 atom stereocenters. The largest absolute Gasteiger partial charge is 0.324 e. The summed E-state index contributed by atoms with van der Waals surface area (Å²) >= 11 is 8.68. The molecule has 4 rings (SSSR count). The maximum Gasteiger partial charge on any atom is 0.262 e. The first-order chi connectivity index (χ1) is 12.9. The van der Waals surface area contributed by atoms with Crippen molar-refractivity contribution in [1.82, 2.24) is 9.55 Å². The van der Waals surface area contributed by atoms with Crippen molar-refractivity contribution in [2.45, 2.75) is 24.4 Å². The number of carbonyl (C=O) groups excluding carboxylic acids is 1. The Morgan fingerprint density at radius 2 is 2.26 bits per heavy atom. The summed E-state index contributed by atoms with van der Waals surface area (Å²) in [4.78, 5) is 31.5. The Balaban J connectivity index is 1.53. The molecule has 2 heterocycles. The molecule has 0 bridgehead atoms. The number of aromatic nitrogens is 2. The van der Waals surface area contributed by atoms with Gasteiger partial charge >= 0.3 is 0 Å². The van der Waals surface area contributed by atoms with Gasteiger partial charge in [0.15, 0.2) is 5.16 Å². The number of hydrogen-bond donors (Lipinski definition) is 1. The van der Waals surface area contributed by atoms with Gasteiger partial charge in [-0.2, -0.15) is 0 Å². The van der Waals surface area contributed by atoms with Gasteiger partial charge in [0.1, 0.15) is 10.6 Å². The monoisotopic (exact) mass is 423 g/mol. The smallest absolute Gasteiger partial charge is 0.262 e. The van der Waals surface area contributed by atoms with E-state index >= 15 is 0 Å². The van der Waals surface area contributed by atoms with Gasteiger partial charge in [-0.3, -0.25) is 14.2 Å². The van der Waals surface area contributed by atoms with E-state index in [2.05, 4.69) is 10.3 Å². The quantitative estimate of drug-likeness (QED) is 0.508. The number of fused-ring (bicyclic) bond motifs is 3. The topological polar surface area (TPSA) is 64.0 Å². The lowest BCUT2D eigenvalue weighted by atomic mass is 10.2. The number of aryl methyl sites for hydroxylation is 2. The van der Waals surface area contributed by atoms with E-state index in [0.717, 1.165) is 41.1 Å². The molecule has 1 amide bonds. The van der Waals surface area contributed by atoms with E-state index in [0.29, 0.717) is 10.8 Å². The van der Waals surface area contributed by atoms with Crippen LogP contribution in [0, 0.1) is 5.82 Å². The van der Waals surface area contributed by atoms with Crippen molar-refractivity contribution in [3.63, 3.8) is 0 Å². The van der Waals surface area contributed by atoms with Crippen LogP contribution in [0.15, 0.2) is 28.2 Å². The molecule has 9 heteroatoms. The maximum atomic E-state index is 13.1. The first-order valence-electron chi connectivity index (χ1n) is 8.33. The highest BCUT2D eigenvalue weighted by Gasteiger charge is 2.22. The molecule has 0 saturated heterocycles. The molecule has 1 N–H and O–H groups in total. The molecule has 140 valence electrons. The predicted octanol–water partition coefficient (Wildman–Crippen LogP) is 4.01. The highest BCUT2D eigenvalue weighted by Crippen LogP contribution is 2.35. The Labute approximate surface area is 167 Å². The van der Waals surface area contributed by atoms with Gasteiger partial charge in [0.25, 0.3) is 5.56 Å². The fourth-order valence-corrected chi connectivity index (χ4v) is 5.43. The molecule has 0 spiro atoms. The van der Waals surface area contributed by atoms with Gasteiger partial charge in [-0.25, -0.2) is 9.37 Å². The second-order valence-corrected chi connectivity index (χ2v) is 8.69. The third kappa shape index (κ3) is 3.49. The Bertz CT molecular complexity index is 1130. The number of benzene rings is 1. The Kier molecular flexibility index (Phi) is 4.96. The second-order valence-electron chi connectivity index (χ2n) is 6.26. The third-order valence-electron chi connectivity index (χ3n) is 4.44. The van der Waals surface area contributed by atoms with E-state index in [1.54, 1.807) is 18.4 Å². The zero-order chi connectivity index (χ0) is 19.1. The number of rotatable bonds is 4. The van der Waals surface area contributed by atoms with Gasteiger partial charge in [-0.1, -0.05) is 23.4 Å². The third-order valence-corrected chi connectivity index (χ3v) is 6.97. The van der Waals surface area contributed by atoms with Crippen LogP contribution in [0.1, 0.15) is 16.9 Å². The Morgan fingerprint density at radius 3 is 3.04 bits per heavy atom. The molecule has 0 fully saturated rings. The highest BCUT2D eigenvalue weighted by atomic mass is 35.5. The lowest BCUT2D eigenvalue weighted by Gasteiger charge is -2.09. The number of thiophene rings is 1. The van der Waals surface area contributed by atoms with Gasteiger partial charge in [0, 0.05) is 11.9 Å². The number of nitrogens with zero attached hydrogens (tertiary/aromatic N) is 2. The molecule has 1 aromatic carbocycles. The van der Waals surface area contributed by atoms with E-state index in [9.17, 15) is 14.0 Å². The molecule has 3 aromatic rings. The zero-order valence-corrected chi connectivity index (χ0v) is 16.7.